The summed E-state index contributed by atoms with van der Waals surface area (Å²) in [4.78, 5) is 19.3. The van der Waals surface area contributed by atoms with Crippen molar-refractivity contribution in [3.63, 3.8) is 0 Å². The van der Waals surface area contributed by atoms with Crippen LogP contribution in [0.3, 0.4) is 0 Å². The van der Waals surface area contributed by atoms with E-state index in [1.807, 2.05) is 23.9 Å². The highest BCUT2D eigenvalue weighted by Crippen LogP contribution is 2.32. The fourth-order valence-electron chi connectivity index (χ4n) is 2.97. The predicted molar refractivity (Wildman–Crippen MR) is 96.5 cm³/mol. The topological polar surface area (TPSA) is 50.5 Å². The minimum atomic E-state index is -0.155. The van der Waals surface area contributed by atoms with E-state index in [1.54, 1.807) is 6.20 Å². The van der Waals surface area contributed by atoms with Gasteiger partial charge in [0, 0.05) is 31.4 Å². The van der Waals surface area contributed by atoms with Gasteiger partial charge in [-0.3, -0.25) is 9.48 Å². The van der Waals surface area contributed by atoms with Gasteiger partial charge < -0.3 is 4.90 Å². The van der Waals surface area contributed by atoms with Crippen molar-refractivity contribution in [2.24, 2.45) is 4.99 Å². The van der Waals surface area contributed by atoms with E-state index in [-0.39, 0.29) is 5.91 Å². The molecule has 1 aromatic heterocycles. The molecule has 0 atom stereocenters. The molecule has 1 aromatic carbocycles. The molecule has 0 unspecified atom stereocenters. The molecule has 2 aliphatic heterocycles. The Hall–Kier alpha value is -2.34. The zero-order chi connectivity index (χ0) is 16.5. The molecule has 2 aliphatic rings. The minimum absolute atomic E-state index is 0.155. The van der Waals surface area contributed by atoms with Gasteiger partial charge in [-0.2, -0.15) is 10.1 Å². The highest BCUT2D eigenvalue weighted by molar-refractivity contribution is 8.18. The molecule has 0 N–H and O–H groups in total. The highest BCUT2D eigenvalue weighted by atomic mass is 32.2. The van der Waals surface area contributed by atoms with Gasteiger partial charge >= 0.3 is 0 Å². The summed E-state index contributed by atoms with van der Waals surface area (Å²) in [6.45, 7) is 4.57. The maximum Gasteiger partial charge on any atom is 0.286 e. The lowest BCUT2D eigenvalue weighted by Gasteiger charge is -2.29. The Morgan fingerprint density at radius 2 is 2.12 bits per heavy atom. The van der Waals surface area contributed by atoms with Crippen molar-refractivity contribution < 1.29 is 4.79 Å². The first-order chi connectivity index (χ1) is 11.7. The normalized spacial score (nSPS) is 18.9. The molecule has 0 saturated heterocycles. The van der Waals surface area contributed by atoms with Crippen molar-refractivity contribution in [1.29, 1.82) is 0 Å². The standard InChI is InChI=1S/C18H18N4OS/c1-2-22-11-13(10-19-22)9-16-17(23)20-18(24-16)21-8-7-14-5-3-4-6-15(14)12-21/h3-6,9-11H,2,7-8,12H2,1H3/b16-9+. The van der Waals surface area contributed by atoms with Crippen LogP contribution in [0.5, 0.6) is 0 Å². The third-order valence-electron chi connectivity index (χ3n) is 4.29. The molecule has 6 heteroatoms. The van der Waals surface area contributed by atoms with E-state index >= 15 is 0 Å². The predicted octanol–water partition coefficient (Wildman–Crippen LogP) is 2.93. The van der Waals surface area contributed by atoms with Gasteiger partial charge in [0.05, 0.1) is 11.1 Å². The van der Waals surface area contributed by atoms with Gasteiger partial charge in [0.1, 0.15) is 0 Å². The van der Waals surface area contributed by atoms with Crippen LogP contribution in [0.4, 0.5) is 0 Å². The van der Waals surface area contributed by atoms with Gasteiger partial charge in [-0.25, -0.2) is 0 Å². The minimum Gasteiger partial charge on any atom is -0.346 e. The zero-order valence-electron chi connectivity index (χ0n) is 13.5. The Bertz CT molecular complexity index is 852. The molecule has 0 fully saturated rings. The number of benzene rings is 1. The third-order valence-corrected chi connectivity index (χ3v) is 5.33. The molecule has 24 heavy (non-hydrogen) atoms. The number of fused-ring (bicyclic) bond motifs is 1. The van der Waals surface area contributed by atoms with Crippen LogP contribution < -0.4 is 0 Å². The number of aliphatic imine (C=N–C) groups is 1. The van der Waals surface area contributed by atoms with Crippen LogP contribution in [-0.4, -0.2) is 32.3 Å². The molecular weight excluding hydrogens is 320 g/mol. The second kappa shape index (κ2) is 6.28. The first-order valence-electron chi connectivity index (χ1n) is 8.09. The Kier molecular flexibility index (Phi) is 3.98. The number of aryl methyl sites for hydroxylation is 1. The molecule has 122 valence electrons. The molecule has 1 amide bonds. The van der Waals surface area contributed by atoms with Crippen molar-refractivity contribution in [3.8, 4) is 0 Å². The number of aromatic nitrogens is 2. The van der Waals surface area contributed by atoms with Crippen LogP contribution in [0, 0.1) is 0 Å². The van der Waals surface area contributed by atoms with Gasteiger partial charge in [0.15, 0.2) is 5.17 Å². The molecule has 5 nitrogen and oxygen atoms in total. The number of thioether (sulfide) groups is 1. The maximum absolute atomic E-state index is 12.2. The van der Waals surface area contributed by atoms with Crippen molar-refractivity contribution in [2.45, 2.75) is 26.4 Å². The summed E-state index contributed by atoms with van der Waals surface area (Å²) >= 11 is 1.46. The van der Waals surface area contributed by atoms with E-state index in [0.29, 0.717) is 4.91 Å². The third kappa shape index (κ3) is 2.89. The summed E-state index contributed by atoms with van der Waals surface area (Å²) in [5, 5.41) is 5.05. The number of amidine groups is 1. The van der Waals surface area contributed by atoms with E-state index in [9.17, 15) is 4.79 Å². The molecule has 0 bridgehead atoms. The SMILES string of the molecule is CCn1cc(/C=C2/SC(N3CCc4ccccc4C3)=NC2=O)cn1. The number of nitrogens with zero attached hydrogens (tertiary/aromatic N) is 4. The number of hydrogen-bond donors (Lipinski definition) is 0. The number of carbonyl (C=O) groups is 1. The summed E-state index contributed by atoms with van der Waals surface area (Å²) in [5.74, 6) is -0.155. The average molecular weight is 338 g/mol. The first kappa shape index (κ1) is 15.2. The van der Waals surface area contributed by atoms with Crippen LogP contribution in [0.15, 0.2) is 46.6 Å². The fraction of sp³-hybridized carbons (Fsp3) is 0.278. The van der Waals surface area contributed by atoms with E-state index in [4.69, 9.17) is 0 Å². The molecule has 0 spiro atoms. The Labute approximate surface area is 145 Å². The van der Waals surface area contributed by atoms with Crippen molar-refractivity contribution in [3.05, 3.63) is 58.3 Å². The average Bonchev–Trinajstić information content (AvgIpc) is 3.22. The van der Waals surface area contributed by atoms with Gasteiger partial charge in [-0.05, 0) is 42.3 Å². The van der Waals surface area contributed by atoms with Crippen LogP contribution >= 0.6 is 11.8 Å². The number of rotatable bonds is 2. The summed E-state index contributed by atoms with van der Waals surface area (Å²) in [6, 6.07) is 8.47. The summed E-state index contributed by atoms with van der Waals surface area (Å²) < 4.78 is 1.85. The zero-order valence-corrected chi connectivity index (χ0v) is 14.3. The van der Waals surface area contributed by atoms with Crippen molar-refractivity contribution in [2.75, 3.05) is 6.54 Å². The lowest BCUT2D eigenvalue weighted by atomic mass is 10.0. The summed E-state index contributed by atoms with van der Waals surface area (Å²) in [7, 11) is 0. The van der Waals surface area contributed by atoms with E-state index in [1.165, 1.54) is 22.9 Å². The van der Waals surface area contributed by atoms with Crippen LogP contribution in [0.2, 0.25) is 0 Å². The Balaban J connectivity index is 1.51. The van der Waals surface area contributed by atoms with Crippen LogP contribution in [0.1, 0.15) is 23.6 Å². The van der Waals surface area contributed by atoms with Crippen molar-refractivity contribution >= 4 is 28.9 Å². The Morgan fingerprint density at radius 1 is 1.29 bits per heavy atom. The van der Waals surface area contributed by atoms with Crippen LogP contribution in [-0.2, 0) is 24.3 Å². The first-order valence-corrected chi connectivity index (χ1v) is 8.91. The summed E-state index contributed by atoms with van der Waals surface area (Å²) in [6.07, 6.45) is 6.59. The molecule has 2 aromatic rings. The lowest BCUT2D eigenvalue weighted by molar-refractivity contribution is -0.113. The second-order valence-electron chi connectivity index (χ2n) is 5.88. The molecule has 4 rings (SSSR count). The van der Waals surface area contributed by atoms with Gasteiger partial charge in [0.2, 0.25) is 0 Å². The quantitative estimate of drug-likeness (QED) is 0.790. The van der Waals surface area contributed by atoms with Crippen LogP contribution in [0.25, 0.3) is 6.08 Å². The summed E-state index contributed by atoms with van der Waals surface area (Å²) in [5.41, 5.74) is 3.65. The monoisotopic (exact) mass is 338 g/mol. The molecule has 3 heterocycles. The van der Waals surface area contributed by atoms with E-state index in [0.717, 1.165) is 36.8 Å². The number of hydrogen-bond acceptors (Lipinski definition) is 4. The van der Waals surface area contributed by atoms with E-state index in [2.05, 4.69) is 39.3 Å². The number of amides is 1. The number of carbonyl (C=O) groups excluding carboxylic acids is 1. The second-order valence-corrected chi connectivity index (χ2v) is 6.89. The lowest BCUT2D eigenvalue weighted by Crippen LogP contribution is -2.33. The fourth-order valence-corrected chi connectivity index (χ4v) is 3.91. The maximum atomic E-state index is 12.2. The molecule has 0 aliphatic carbocycles. The van der Waals surface area contributed by atoms with Gasteiger partial charge in [0.25, 0.3) is 5.91 Å². The molecule has 0 saturated carbocycles. The largest absolute Gasteiger partial charge is 0.346 e. The molecule has 0 radical (unpaired) electrons. The van der Waals surface area contributed by atoms with Crippen molar-refractivity contribution in [1.82, 2.24) is 14.7 Å². The smallest absolute Gasteiger partial charge is 0.286 e. The highest BCUT2D eigenvalue weighted by Gasteiger charge is 2.28. The molecular formula is C18H18N4OS. The Morgan fingerprint density at radius 3 is 2.92 bits per heavy atom. The van der Waals surface area contributed by atoms with E-state index < -0.39 is 0 Å². The van der Waals surface area contributed by atoms with Gasteiger partial charge in [-0.1, -0.05) is 24.3 Å². The van der Waals surface area contributed by atoms with Gasteiger partial charge in [-0.15, -0.1) is 0 Å².